The molecule has 1 heterocycles. The molecule has 0 aromatic heterocycles. The van der Waals surface area contributed by atoms with Gasteiger partial charge in [0.1, 0.15) is 0 Å². The number of carbonyl (C=O) groups is 1. The van der Waals surface area contributed by atoms with E-state index in [1.54, 1.807) is 6.07 Å². The zero-order valence-corrected chi connectivity index (χ0v) is 9.68. The number of benzene rings is 1. The number of nitrogens with zero attached hydrogens (tertiary/aromatic N) is 2. The lowest BCUT2D eigenvalue weighted by molar-refractivity contribution is -0.121. The van der Waals surface area contributed by atoms with Gasteiger partial charge in [-0.15, -0.1) is 0 Å². The molecule has 0 spiro atoms. The third-order valence-corrected chi connectivity index (χ3v) is 2.50. The van der Waals surface area contributed by atoms with Gasteiger partial charge in [-0.2, -0.15) is 4.99 Å². The van der Waals surface area contributed by atoms with E-state index in [9.17, 15) is 4.79 Å². The van der Waals surface area contributed by atoms with Gasteiger partial charge in [-0.3, -0.25) is 4.79 Å². The second-order valence-corrected chi connectivity index (χ2v) is 3.91. The quantitative estimate of drug-likeness (QED) is 0.376. The summed E-state index contributed by atoms with van der Waals surface area (Å²) in [4.78, 5) is 18.9. The predicted molar refractivity (Wildman–Crippen MR) is 69.1 cm³/mol. The van der Waals surface area contributed by atoms with Crippen LogP contribution in [0.3, 0.4) is 0 Å². The molecule has 0 saturated carbocycles. The smallest absolute Gasteiger partial charge is 0.224 e. The molecule has 0 radical (unpaired) electrons. The molecule has 1 aliphatic heterocycles. The van der Waals surface area contributed by atoms with Crippen molar-refractivity contribution < 1.29 is 4.79 Å². The lowest BCUT2D eigenvalue weighted by Gasteiger charge is -2.16. The zero-order valence-electron chi connectivity index (χ0n) is 9.68. The Balaban J connectivity index is 2.27. The first kappa shape index (κ1) is 11.9. The Hall–Kier alpha value is -2.57. The van der Waals surface area contributed by atoms with Crippen molar-refractivity contribution >= 4 is 23.5 Å². The number of guanidine groups is 2. The van der Waals surface area contributed by atoms with Crippen molar-refractivity contribution in [3.63, 3.8) is 0 Å². The van der Waals surface area contributed by atoms with E-state index in [2.05, 4.69) is 15.3 Å². The maximum Gasteiger partial charge on any atom is 0.224 e. The maximum absolute atomic E-state index is 11.2. The molecule has 7 heteroatoms. The van der Waals surface area contributed by atoms with E-state index in [4.69, 9.17) is 17.2 Å². The minimum Gasteiger partial charge on any atom is -0.370 e. The molecular formula is C11H14N6O. The molecule has 7 N–H and O–H groups in total. The van der Waals surface area contributed by atoms with Crippen molar-refractivity contribution in [2.24, 2.45) is 27.2 Å². The van der Waals surface area contributed by atoms with Crippen LogP contribution in [0.1, 0.15) is 11.1 Å². The van der Waals surface area contributed by atoms with Crippen LogP contribution in [-0.2, 0) is 17.8 Å². The average Bonchev–Trinajstić information content (AvgIpc) is 2.28. The van der Waals surface area contributed by atoms with Gasteiger partial charge in [0.15, 0.2) is 5.96 Å². The molecule has 1 aliphatic rings. The number of hydrogen-bond acceptors (Lipinski definition) is 2. The molecule has 0 saturated heterocycles. The number of amides is 1. The van der Waals surface area contributed by atoms with E-state index in [0.29, 0.717) is 18.7 Å². The van der Waals surface area contributed by atoms with Crippen molar-refractivity contribution in [2.75, 3.05) is 0 Å². The summed E-state index contributed by atoms with van der Waals surface area (Å²) < 4.78 is 0. The molecule has 7 nitrogen and oxygen atoms in total. The highest BCUT2D eigenvalue weighted by atomic mass is 16.1. The monoisotopic (exact) mass is 246 g/mol. The predicted octanol–water partition coefficient (Wildman–Crippen LogP) is -0.921. The van der Waals surface area contributed by atoms with Gasteiger partial charge in [-0.1, -0.05) is 6.07 Å². The van der Waals surface area contributed by atoms with Crippen LogP contribution in [0.5, 0.6) is 0 Å². The summed E-state index contributed by atoms with van der Waals surface area (Å²) in [5.41, 5.74) is 18.6. The van der Waals surface area contributed by atoms with Gasteiger partial charge in [-0.05, 0) is 23.3 Å². The third kappa shape index (κ3) is 2.76. The SMILES string of the molecule is NC(N)=NC(N)=Nc1ccc2c(c1)CNC(=O)C2. The number of aliphatic imine (C=N–C) groups is 2. The van der Waals surface area contributed by atoms with Crippen molar-refractivity contribution in [3.8, 4) is 0 Å². The Kier molecular flexibility index (Phi) is 3.13. The summed E-state index contributed by atoms with van der Waals surface area (Å²) in [5.74, 6) is -0.116. The lowest BCUT2D eigenvalue weighted by atomic mass is 10.0. The molecular weight excluding hydrogens is 232 g/mol. The number of fused-ring (bicyclic) bond motifs is 1. The summed E-state index contributed by atoms with van der Waals surface area (Å²) in [6.07, 6.45) is 0.392. The molecule has 2 rings (SSSR count). The van der Waals surface area contributed by atoms with Gasteiger partial charge in [0.05, 0.1) is 12.1 Å². The summed E-state index contributed by atoms with van der Waals surface area (Å²) >= 11 is 0. The summed E-state index contributed by atoms with van der Waals surface area (Å²) in [5, 5.41) is 2.76. The number of hydrogen-bond donors (Lipinski definition) is 4. The van der Waals surface area contributed by atoms with Crippen LogP contribution in [-0.4, -0.2) is 17.8 Å². The molecule has 0 fully saturated rings. The minimum absolute atomic E-state index is 0.00482. The third-order valence-electron chi connectivity index (χ3n) is 2.50. The fourth-order valence-electron chi connectivity index (χ4n) is 1.74. The average molecular weight is 246 g/mol. The maximum atomic E-state index is 11.2. The van der Waals surface area contributed by atoms with Crippen LogP contribution in [0.25, 0.3) is 0 Å². The van der Waals surface area contributed by atoms with Gasteiger partial charge >= 0.3 is 0 Å². The zero-order chi connectivity index (χ0) is 13.1. The van der Waals surface area contributed by atoms with Crippen LogP contribution in [0.2, 0.25) is 0 Å². The molecule has 0 atom stereocenters. The lowest BCUT2D eigenvalue weighted by Crippen LogP contribution is -2.30. The Morgan fingerprint density at radius 1 is 1.22 bits per heavy atom. The molecule has 0 aliphatic carbocycles. The fraction of sp³-hybridized carbons (Fsp3) is 0.182. The summed E-state index contributed by atoms with van der Waals surface area (Å²) in [6.45, 7) is 0.500. The first-order valence-corrected chi connectivity index (χ1v) is 5.37. The van der Waals surface area contributed by atoms with E-state index in [1.807, 2.05) is 12.1 Å². The Labute approximate surface area is 104 Å². The Bertz CT molecular complexity index is 544. The van der Waals surface area contributed by atoms with Gasteiger partial charge < -0.3 is 22.5 Å². The molecule has 1 aromatic carbocycles. The molecule has 1 amide bonds. The Morgan fingerprint density at radius 3 is 2.72 bits per heavy atom. The number of nitrogens with one attached hydrogen (secondary N) is 1. The number of rotatable bonds is 1. The van der Waals surface area contributed by atoms with Gasteiger partial charge in [0.2, 0.25) is 11.9 Å². The van der Waals surface area contributed by atoms with Crippen molar-refractivity contribution in [3.05, 3.63) is 29.3 Å². The molecule has 0 bridgehead atoms. The first-order chi connectivity index (χ1) is 8.54. The van der Waals surface area contributed by atoms with Gasteiger partial charge in [0, 0.05) is 6.54 Å². The van der Waals surface area contributed by atoms with Crippen molar-refractivity contribution in [1.82, 2.24) is 5.32 Å². The van der Waals surface area contributed by atoms with Crippen molar-refractivity contribution in [1.29, 1.82) is 0 Å². The van der Waals surface area contributed by atoms with Gasteiger partial charge in [-0.25, -0.2) is 4.99 Å². The summed E-state index contributed by atoms with van der Waals surface area (Å²) in [6, 6.07) is 5.48. The van der Waals surface area contributed by atoms with Crippen molar-refractivity contribution in [2.45, 2.75) is 13.0 Å². The standard InChI is InChI=1S/C11H14N6O/c12-10(13)17-11(14)16-8-2-1-6-4-9(18)15-5-7(6)3-8/h1-3H,4-5H2,(H,15,18)(H6,12,13,14,16,17). The van der Waals surface area contributed by atoms with E-state index in [0.717, 1.165) is 11.1 Å². The van der Waals surface area contributed by atoms with E-state index >= 15 is 0 Å². The molecule has 94 valence electrons. The van der Waals surface area contributed by atoms with Crippen LogP contribution < -0.4 is 22.5 Å². The van der Waals surface area contributed by atoms with Crippen LogP contribution in [0.4, 0.5) is 5.69 Å². The summed E-state index contributed by atoms with van der Waals surface area (Å²) in [7, 11) is 0. The largest absolute Gasteiger partial charge is 0.370 e. The highest BCUT2D eigenvalue weighted by molar-refractivity contribution is 5.93. The highest BCUT2D eigenvalue weighted by Crippen LogP contribution is 2.21. The van der Waals surface area contributed by atoms with E-state index in [1.165, 1.54) is 0 Å². The van der Waals surface area contributed by atoms with Crippen LogP contribution >= 0.6 is 0 Å². The second-order valence-electron chi connectivity index (χ2n) is 3.91. The van der Waals surface area contributed by atoms with E-state index < -0.39 is 0 Å². The number of carbonyl (C=O) groups excluding carboxylic acids is 1. The molecule has 1 aromatic rings. The Morgan fingerprint density at radius 2 is 2.00 bits per heavy atom. The molecule has 18 heavy (non-hydrogen) atoms. The fourth-order valence-corrected chi connectivity index (χ4v) is 1.74. The van der Waals surface area contributed by atoms with E-state index in [-0.39, 0.29) is 17.8 Å². The minimum atomic E-state index is -0.138. The molecule has 0 unspecified atom stereocenters. The van der Waals surface area contributed by atoms with Gasteiger partial charge in [0.25, 0.3) is 0 Å². The van der Waals surface area contributed by atoms with Crippen LogP contribution in [0, 0.1) is 0 Å². The first-order valence-electron chi connectivity index (χ1n) is 5.37. The normalized spacial score (nSPS) is 14.7. The highest BCUT2D eigenvalue weighted by Gasteiger charge is 2.14. The topological polar surface area (TPSA) is 132 Å². The number of nitrogens with two attached hydrogens (primary N) is 3. The second kappa shape index (κ2) is 4.74. The van der Waals surface area contributed by atoms with Crippen LogP contribution in [0.15, 0.2) is 28.2 Å².